The fourth-order valence-corrected chi connectivity index (χ4v) is 3.01. The van der Waals surface area contributed by atoms with Gasteiger partial charge in [-0.15, -0.1) is 0 Å². The normalized spacial score (nSPS) is 13.4. The summed E-state index contributed by atoms with van der Waals surface area (Å²) in [5, 5.41) is 7.45. The molecule has 3 aromatic rings. The van der Waals surface area contributed by atoms with E-state index in [1.807, 2.05) is 61.0 Å². The highest BCUT2D eigenvalue weighted by atomic mass is 16.5. The van der Waals surface area contributed by atoms with Crippen LogP contribution in [-0.2, 0) is 0 Å². The van der Waals surface area contributed by atoms with Crippen LogP contribution >= 0.6 is 0 Å². The number of anilines is 1. The fraction of sp³-hybridized carbons (Fsp3) is 0.273. The zero-order valence-corrected chi connectivity index (χ0v) is 15.6. The van der Waals surface area contributed by atoms with E-state index in [1.54, 1.807) is 12.1 Å². The molecule has 0 saturated heterocycles. The Labute approximate surface area is 159 Å². The van der Waals surface area contributed by atoms with Crippen LogP contribution in [0.15, 0.2) is 54.6 Å². The predicted octanol–water partition coefficient (Wildman–Crippen LogP) is 4.53. The van der Waals surface area contributed by atoms with Crippen LogP contribution in [0.5, 0.6) is 5.75 Å². The number of rotatable bonds is 6. The molecule has 1 heterocycles. The minimum atomic E-state index is -0.144. The van der Waals surface area contributed by atoms with Crippen molar-refractivity contribution in [2.45, 2.75) is 26.7 Å². The van der Waals surface area contributed by atoms with Gasteiger partial charge in [-0.3, -0.25) is 4.79 Å². The van der Waals surface area contributed by atoms with Crippen molar-refractivity contribution in [1.82, 2.24) is 9.78 Å². The van der Waals surface area contributed by atoms with Gasteiger partial charge in [0.2, 0.25) is 0 Å². The molecule has 0 bridgehead atoms. The highest BCUT2D eigenvalue weighted by molar-refractivity contribution is 6.04. The summed E-state index contributed by atoms with van der Waals surface area (Å²) in [5.41, 5.74) is 4.27. The van der Waals surface area contributed by atoms with Crippen LogP contribution in [0.3, 0.4) is 0 Å². The molecule has 1 aromatic heterocycles. The van der Waals surface area contributed by atoms with E-state index in [2.05, 4.69) is 10.4 Å². The van der Waals surface area contributed by atoms with Gasteiger partial charge in [0.25, 0.3) is 5.91 Å². The lowest BCUT2D eigenvalue weighted by Gasteiger charge is -2.10. The molecule has 0 spiro atoms. The Kier molecular flexibility index (Phi) is 4.67. The summed E-state index contributed by atoms with van der Waals surface area (Å²) in [6, 6.07) is 17.0. The van der Waals surface area contributed by atoms with Crippen molar-refractivity contribution in [2.75, 3.05) is 11.9 Å². The van der Waals surface area contributed by atoms with E-state index in [0.29, 0.717) is 11.5 Å². The van der Waals surface area contributed by atoms with Gasteiger partial charge in [-0.25, -0.2) is 4.68 Å². The average Bonchev–Trinajstić information content (AvgIpc) is 3.43. The first-order chi connectivity index (χ1) is 13.1. The number of ether oxygens (including phenoxy) is 1. The van der Waals surface area contributed by atoms with Crippen LogP contribution in [0.2, 0.25) is 0 Å². The Bertz CT molecular complexity index is 956. The molecule has 1 saturated carbocycles. The molecular weight excluding hydrogens is 338 g/mol. The molecule has 0 atom stereocenters. The molecule has 1 aliphatic rings. The number of carbonyl (C=O) groups is 1. The van der Waals surface area contributed by atoms with Crippen LogP contribution in [0.1, 0.15) is 34.6 Å². The summed E-state index contributed by atoms with van der Waals surface area (Å²) in [6.45, 7) is 4.75. The SMILES string of the molecule is Cc1cc(C)n(-c2cccc(NC(=O)c3ccc(OCC4CC4)cc3)c2)n1. The van der Waals surface area contributed by atoms with Crippen molar-refractivity contribution in [3.63, 3.8) is 0 Å². The van der Waals surface area contributed by atoms with Gasteiger partial charge in [-0.2, -0.15) is 5.10 Å². The zero-order chi connectivity index (χ0) is 18.8. The zero-order valence-electron chi connectivity index (χ0n) is 15.6. The van der Waals surface area contributed by atoms with Gasteiger partial charge < -0.3 is 10.1 Å². The largest absolute Gasteiger partial charge is 0.493 e. The second-order valence-corrected chi connectivity index (χ2v) is 7.12. The maximum Gasteiger partial charge on any atom is 0.255 e. The van der Waals surface area contributed by atoms with E-state index in [0.717, 1.165) is 35.1 Å². The van der Waals surface area contributed by atoms with Gasteiger partial charge in [0, 0.05) is 16.9 Å². The number of aryl methyl sites for hydroxylation is 2. The summed E-state index contributed by atoms with van der Waals surface area (Å²) in [7, 11) is 0. The van der Waals surface area contributed by atoms with Crippen molar-refractivity contribution in [2.24, 2.45) is 5.92 Å². The number of aromatic nitrogens is 2. The monoisotopic (exact) mass is 361 g/mol. The van der Waals surface area contributed by atoms with Crippen LogP contribution in [-0.4, -0.2) is 22.3 Å². The van der Waals surface area contributed by atoms with E-state index in [1.165, 1.54) is 12.8 Å². The number of carbonyl (C=O) groups excluding carboxylic acids is 1. The van der Waals surface area contributed by atoms with Gasteiger partial charge in [0.15, 0.2) is 0 Å². The number of amides is 1. The average molecular weight is 361 g/mol. The highest BCUT2D eigenvalue weighted by Crippen LogP contribution is 2.29. The molecule has 0 unspecified atom stereocenters. The summed E-state index contributed by atoms with van der Waals surface area (Å²) in [6.07, 6.45) is 2.52. The lowest BCUT2D eigenvalue weighted by Crippen LogP contribution is -2.12. The molecule has 1 N–H and O–H groups in total. The van der Waals surface area contributed by atoms with Crippen molar-refractivity contribution in [3.8, 4) is 11.4 Å². The number of nitrogens with zero attached hydrogens (tertiary/aromatic N) is 2. The maximum atomic E-state index is 12.5. The summed E-state index contributed by atoms with van der Waals surface area (Å²) in [4.78, 5) is 12.5. The molecule has 2 aromatic carbocycles. The third-order valence-electron chi connectivity index (χ3n) is 4.66. The smallest absolute Gasteiger partial charge is 0.255 e. The van der Waals surface area contributed by atoms with Gasteiger partial charge in [0.1, 0.15) is 5.75 Å². The molecule has 27 heavy (non-hydrogen) atoms. The third-order valence-corrected chi connectivity index (χ3v) is 4.66. The first kappa shape index (κ1) is 17.3. The minimum absolute atomic E-state index is 0.144. The summed E-state index contributed by atoms with van der Waals surface area (Å²) in [5.74, 6) is 1.38. The van der Waals surface area contributed by atoms with E-state index in [4.69, 9.17) is 4.74 Å². The summed E-state index contributed by atoms with van der Waals surface area (Å²) < 4.78 is 7.59. The van der Waals surface area contributed by atoms with E-state index in [-0.39, 0.29) is 5.91 Å². The molecule has 4 rings (SSSR count). The Hall–Kier alpha value is -3.08. The second kappa shape index (κ2) is 7.27. The number of nitrogens with one attached hydrogen (secondary N) is 1. The van der Waals surface area contributed by atoms with Crippen LogP contribution < -0.4 is 10.1 Å². The number of benzene rings is 2. The van der Waals surface area contributed by atoms with Crippen molar-refractivity contribution >= 4 is 11.6 Å². The quantitative estimate of drug-likeness (QED) is 0.702. The lowest BCUT2D eigenvalue weighted by molar-refractivity contribution is 0.102. The van der Waals surface area contributed by atoms with Crippen LogP contribution in [0, 0.1) is 19.8 Å². The topological polar surface area (TPSA) is 56.2 Å². The molecule has 0 aliphatic heterocycles. The molecule has 1 amide bonds. The Morgan fingerprint density at radius 3 is 2.59 bits per heavy atom. The standard InChI is InChI=1S/C22H23N3O2/c1-15-12-16(2)25(24-15)20-5-3-4-19(13-20)23-22(26)18-8-10-21(11-9-18)27-14-17-6-7-17/h3-5,8-13,17H,6-7,14H2,1-2H3,(H,23,26). The van der Waals surface area contributed by atoms with Gasteiger partial charge >= 0.3 is 0 Å². The Balaban J connectivity index is 1.44. The van der Waals surface area contributed by atoms with Crippen LogP contribution in [0.4, 0.5) is 5.69 Å². The lowest BCUT2D eigenvalue weighted by atomic mass is 10.2. The van der Waals surface area contributed by atoms with Gasteiger partial charge in [-0.1, -0.05) is 6.07 Å². The molecule has 1 fully saturated rings. The molecule has 138 valence electrons. The first-order valence-electron chi connectivity index (χ1n) is 9.26. The van der Waals surface area contributed by atoms with Crippen molar-refractivity contribution in [1.29, 1.82) is 0 Å². The van der Waals surface area contributed by atoms with Crippen molar-refractivity contribution in [3.05, 3.63) is 71.5 Å². The second-order valence-electron chi connectivity index (χ2n) is 7.12. The van der Waals surface area contributed by atoms with E-state index >= 15 is 0 Å². The molecule has 0 radical (unpaired) electrons. The number of hydrogen-bond acceptors (Lipinski definition) is 3. The predicted molar refractivity (Wildman–Crippen MR) is 106 cm³/mol. The van der Waals surface area contributed by atoms with Gasteiger partial charge in [-0.05, 0) is 81.1 Å². The Morgan fingerprint density at radius 2 is 1.93 bits per heavy atom. The molecule has 5 heteroatoms. The summed E-state index contributed by atoms with van der Waals surface area (Å²) >= 11 is 0. The third kappa shape index (κ3) is 4.19. The van der Waals surface area contributed by atoms with Crippen LogP contribution in [0.25, 0.3) is 5.69 Å². The van der Waals surface area contributed by atoms with E-state index in [9.17, 15) is 4.79 Å². The van der Waals surface area contributed by atoms with Crippen molar-refractivity contribution < 1.29 is 9.53 Å². The maximum absolute atomic E-state index is 12.5. The highest BCUT2D eigenvalue weighted by Gasteiger charge is 2.21. The Morgan fingerprint density at radius 1 is 1.15 bits per heavy atom. The minimum Gasteiger partial charge on any atom is -0.493 e. The molecule has 1 aliphatic carbocycles. The molecule has 5 nitrogen and oxygen atoms in total. The van der Waals surface area contributed by atoms with Gasteiger partial charge in [0.05, 0.1) is 18.0 Å². The molecular formula is C22H23N3O2. The fourth-order valence-electron chi connectivity index (χ4n) is 3.01. The number of hydrogen-bond donors (Lipinski definition) is 1. The first-order valence-corrected chi connectivity index (χ1v) is 9.26. The van der Waals surface area contributed by atoms with E-state index < -0.39 is 0 Å².